The second-order valence-corrected chi connectivity index (χ2v) is 6.04. The van der Waals surface area contributed by atoms with Gasteiger partial charge in [-0.15, -0.1) is 0 Å². The molecular formula is C17H16BrFN2O3. The number of ether oxygens (including phenoxy) is 1. The van der Waals surface area contributed by atoms with Gasteiger partial charge >= 0.3 is 0 Å². The lowest BCUT2D eigenvalue weighted by Gasteiger charge is -2.17. The Morgan fingerprint density at radius 2 is 2.00 bits per heavy atom. The lowest BCUT2D eigenvalue weighted by Crippen LogP contribution is -2.31. The molecule has 7 heteroatoms. The zero-order chi connectivity index (χ0) is 17.9. The molecule has 5 nitrogen and oxygen atoms in total. The third kappa shape index (κ3) is 4.11. The summed E-state index contributed by atoms with van der Waals surface area (Å²) in [7, 11) is 0. The van der Waals surface area contributed by atoms with Gasteiger partial charge in [-0.1, -0.05) is 12.1 Å². The van der Waals surface area contributed by atoms with E-state index in [0.717, 1.165) is 0 Å². The van der Waals surface area contributed by atoms with Gasteiger partial charge in [-0.2, -0.15) is 0 Å². The van der Waals surface area contributed by atoms with Crippen molar-refractivity contribution in [2.24, 2.45) is 5.73 Å². The van der Waals surface area contributed by atoms with Crippen LogP contribution in [-0.2, 0) is 4.79 Å². The highest BCUT2D eigenvalue weighted by Gasteiger charge is 2.19. The Morgan fingerprint density at radius 3 is 2.62 bits per heavy atom. The van der Waals surface area contributed by atoms with Crippen molar-refractivity contribution in [3.05, 3.63) is 57.8 Å². The van der Waals surface area contributed by atoms with Crippen molar-refractivity contribution in [1.82, 2.24) is 0 Å². The van der Waals surface area contributed by atoms with E-state index in [9.17, 15) is 14.0 Å². The molecule has 0 spiro atoms. The first-order valence-corrected chi connectivity index (χ1v) is 7.91. The zero-order valence-corrected chi connectivity index (χ0v) is 14.7. The molecule has 0 radical (unpaired) electrons. The molecule has 2 amide bonds. The van der Waals surface area contributed by atoms with Crippen LogP contribution in [0, 0.1) is 12.7 Å². The number of benzene rings is 2. The van der Waals surface area contributed by atoms with E-state index in [2.05, 4.69) is 21.2 Å². The summed E-state index contributed by atoms with van der Waals surface area (Å²) in [5, 5.41) is 2.63. The van der Waals surface area contributed by atoms with Gasteiger partial charge in [0.05, 0.1) is 15.7 Å². The van der Waals surface area contributed by atoms with Crippen LogP contribution in [0.1, 0.15) is 22.8 Å². The average molecular weight is 395 g/mol. The monoisotopic (exact) mass is 394 g/mol. The summed E-state index contributed by atoms with van der Waals surface area (Å²) < 4.78 is 19.0. The van der Waals surface area contributed by atoms with Crippen LogP contribution >= 0.6 is 15.9 Å². The van der Waals surface area contributed by atoms with Crippen LogP contribution in [0.5, 0.6) is 5.75 Å². The number of primary amides is 1. The van der Waals surface area contributed by atoms with Crippen molar-refractivity contribution >= 4 is 33.4 Å². The Labute approximate surface area is 147 Å². The number of nitrogens with two attached hydrogens (primary N) is 1. The summed E-state index contributed by atoms with van der Waals surface area (Å²) in [6.07, 6.45) is -0.868. The fourth-order valence-corrected chi connectivity index (χ4v) is 2.59. The van der Waals surface area contributed by atoms with Gasteiger partial charge in [-0.3, -0.25) is 9.59 Å². The van der Waals surface area contributed by atoms with E-state index in [1.165, 1.54) is 18.2 Å². The maximum atomic E-state index is 13.1. The molecule has 1 unspecified atom stereocenters. The van der Waals surface area contributed by atoms with E-state index in [1.54, 1.807) is 32.0 Å². The molecule has 3 N–H and O–H groups in total. The highest BCUT2D eigenvalue weighted by Crippen LogP contribution is 2.27. The molecule has 0 aliphatic carbocycles. The molecule has 0 saturated heterocycles. The predicted molar refractivity (Wildman–Crippen MR) is 92.5 cm³/mol. The third-order valence-electron chi connectivity index (χ3n) is 3.34. The van der Waals surface area contributed by atoms with Crippen LogP contribution in [0.25, 0.3) is 0 Å². The SMILES string of the molecule is Cc1cccc(NC(=O)C(C)Oc2ccc(F)cc2Br)c1C(N)=O. The standard InChI is InChI=1S/C17H16BrFN2O3/c1-9-4-3-5-13(15(9)16(20)22)21-17(23)10(2)24-14-7-6-11(19)8-12(14)18/h3-8,10H,1-2H3,(H2,20,22)(H,21,23). The number of aryl methyl sites for hydroxylation is 1. The zero-order valence-electron chi connectivity index (χ0n) is 13.1. The van der Waals surface area contributed by atoms with Crippen molar-refractivity contribution in [3.63, 3.8) is 0 Å². The van der Waals surface area contributed by atoms with E-state index < -0.39 is 23.7 Å². The van der Waals surface area contributed by atoms with Crippen LogP contribution in [0.2, 0.25) is 0 Å². The molecule has 0 fully saturated rings. The molecule has 0 heterocycles. The predicted octanol–water partition coefficient (Wildman–Crippen LogP) is 3.40. The number of nitrogens with one attached hydrogen (secondary N) is 1. The minimum Gasteiger partial charge on any atom is -0.480 e. The first-order valence-electron chi connectivity index (χ1n) is 7.11. The van der Waals surface area contributed by atoms with Gasteiger partial charge in [0.15, 0.2) is 6.10 Å². The normalized spacial score (nSPS) is 11.7. The molecule has 0 aliphatic rings. The van der Waals surface area contributed by atoms with Crippen LogP contribution in [0.15, 0.2) is 40.9 Å². The topological polar surface area (TPSA) is 81.4 Å². The van der Waals surface area contributed by atoms with Gasteiger partial charge in [0.25, 0.3) is 11.8 Å². The number of amides is 2. The molecule has 2 aromatic rings. The number of carbonyl (C=O) groups is 2. The Kier molecular flexibility index (Phi) is 5.56. The summed E-state index contributed by atoms with van der Waals surface area (Å²) in [6.45, 7) is 3.27. The molecule has 2 aromatic carbocycles. The van der Waals surface area contributed by atoms with Gasteiger partial charge in [0.1, 0.15) is 11.6 Å². The first kappa shape index (κ1) is 17.9. The molecule has 1 atom stereocenters. The van der Waals surface area contributed by atoms with Crippen molar-refractivity contribution in [1.29, 1.82) is 0 Å². The highest BCUT2D eigenvalue weighted by atomic mass is 79.9. The second kappa shape index (κ2) is 7.44. The number of carbonyl (C=O) groups excluding carboxylic acids is 2. The number of halogens is 2. The summed E-state index contributed by atoms with van der Waals surface area (Å²) in [5.74, 6) is -1.17. The van der Waals surface area contributed by atoms with Crippen LogP contribution in [0.3, 0.4) is 0 Å². The van der Waals surface area contributed by atoms with Gasteiger partial charge in [-0.25, -0.2) is 4.39 Å². The van der Waals surface area contributed by atoms with Crippen LogP contribution < -0.4 is 15.8 Å². The Balaban J connectivity index is 2.15. The van der Waals surface area contributed by atoms with Gasteiger partial charge < -0.3 is 15.8 Å². The largest absolute Gasteiger partial charge is 0.480 e. The van der Waals surface area contributed by atoms with Gasteiger partial charge in [0, 0.05) is 0 Å². The van der Waals surface area contributed by atoms with E-state index >= 15 is 0 Å². The Morgan fingerprint density at radius 1 is 1.29 bits per heavy atom. The van der Waals surface area contributed by atoms with E-state index in [4.69, 9.17) is 10.5 Å². The summed E-state index contributed by atoms with van der Waals surface area (Å²) in [5.41, 5.74) is 6.60. The van der Waals surface area contributed by atoms with Crippen LogP contribution in [-0.4, -0.2) is 17.9 Å². The molecule has 24 heavy (non-hydrogen) atoms. The smallest absolute Gasteiger partial charge is 0.265 e. The fraction of sp³-hybridized carbons (Fsp3) is 0.176. The molecule has 0 aliphatic heterocycles. The summed E-state index contributed by atoms with van der Waals surface area (Å²) in [4.78, 5) is 23.9. The van der Waals surface area contributed by atoms with E-state index in [0.29, 0.717) is 21.5 Å². The Hall–Kier alpha value is -2.41. The molecular weight excluding hydrogens is 379 g/mol. The van der Waals surface area contributed by atoms with E-state index in [1.807, 2.05) is 0 Å². The fourth-order valence-electron chi connectivity index (χ4n) is 2.15. The van der Waals surface area contributed by atoms with Crippen molar-refractivity contribution in [3.8, 4) is 5.75 Å². The maximum absolute atomic E-state index is 13.1. The lowest BCUT2D eigenvalue weighted by molar-refractivity contribution is -0.122. The third-order valence-corrected chi connectivity index (χ3v) is 3.96. The van der Waals surface area contributed by atoms with Crippen molar-refractivity contribution < 1.29 is 18.7 Å². The Bertz CT molecular complexity index is 795. The second-order valence-electron chi connectivity index (χ2n) is 5.19. The molecule has 2 rings (SSSR count). The highest BCUT2D eigenvalue weighted by molar-refractivity contribution is 9.10. The summed E-state index contributed by atoms with van der Waals surface area (Å²) in [6, 6.07) is 8.92. The molecule has 126 valence electrons. The first-order chi connectivity index (χ1) is 11.3. The number of anilines is 1. The van der Waals surface area contributed by atoms with Crippen LogP contribution in [0.4, 0.5) is 10.1 Å². The van der Waals surface area contributed by atoms with Crippen molar-refractivity contribution in [2.45, 2.75) is 20.0 Å². The lowest BCUT2D eigenvalue weighted by atomic mass is 10.1. The number of rotatable bonds is 5. The molecule has 0 saturated carbocycles. The quantitative estimate of drug-likeness (QED) is 0.814. The minimum atomic E-state index is -0.868. The van der Waals surface area contributed by atoms with Gasteiger partial charge in [0.2, 0.25) is 0 Å². The van der Waals surface area contributed by atoms with Crippen molar-refractivity contribution in [2.75, 3.05) is 5.32 Å². The molecule has 0 bridgehead atoms. The average Bonchev–Trinajstić information content (AvgIpc) is 2.49. The van der Waals surface area contributed by atoms with E-state index in [-0.39, 0.29) is 5.56 Å². The maximum Gasteiger partial charge on any atom is 0.265 e. The number of hydrogen-bond donors (Lipinski definition) is 2. The molecule has 0 aromatic heterocycles. The van der Waals surface area contributed by atoms with Gasteiger partial charge in [-0.05, 0) is 59.6 Å². The summed E-state index contributed by atoms with van der Waals surface area (Å²) >= 11 is 3.17. The number of hydrogen-bond acceptors (Lipinski definition) is 3. The minimum absolute atomic E-state index is 0.251.